The fraction of sp³-hybridized carbons (Fsp3) is 0.174. The Balaban J connectivity index is 1.79. The van der Waals surface area contributed by atoms with Gasteiger partial charge in [0, 0.05) is 36.5 Å². The summed E-state index contributed by atoms with van der Waals surface area (Å²) >= 11 is 0. The lowest BCUT2D eigenvalue weighted by Crippen LogP contribution is -2.26. The Labute approximate surface area is 182 Å². The van der Waals surface area contributed by atoms with Gasteiger partial charge < -0.3 is 14.4 Å². The summed E-state index contributed by atoms with van der Waals surface area (Å²) in [6.07, 6.45) is 0. The zero-order chi connectivity index (χ0) is 22.4. The van der Waals surface area contributed by atoms with Gasteiger partial charge in [-0.25, -0.2) is 8.42 Å². The number of nitrogens with one attached hydrogen (secondary N) is 1. The number of nitrogens with zero attached hydrogens (tertiary/aromatic N) is 1. The largest absolute Gasteiger partial charge is 0.497 e. The molecule has 0 aliphatic rings. The summed E-state index contributed by atoms with van der Waals surface area (Å²) < 4.78 is 38.5. The number of hydrogen-bond donors (Lipinski definition) is 1. The van der Waals surface area contributed by atoms with Crippen molar-refractivity contribution in [2.24, 2.45) is 0 Å². The van der Waals surface area contributed by atoms with Gasteiger partial charge in [-0.2, -0.15) is 0 Å². The fourth-order valence-corrected chi connectivity index (χ4v) is 4.15. The number of carbonyl (C=O) groups excluding carboxylic acids is 1. The molecule has 0 aliphatic heterocycles. The van der Waals surface area contributed by atoms with Crippen molar-refractivity contribution in [3.8, 4) is 11.5 Å². The smallest absolute Gasteiger partial charge is 0.261 e. The zero-order valence-corrected chi connectivity index (χ0v) is 18.3. The summed E-state index contributed by atoms with van der Waals surface area (Å²) in [5.41, 5.74) is 1.52. The monoisotopic (exact) mass is 440 g/mol. The van der Waals surface area contributed by atoms with Crippen molar-refractivity contribution in [1.29, 1.82) is 0 Å². The van der Waals surface area contributed by atoms with Gasteiger partial charge in [0.1, 0.15) is 11.5 Å². The van der Waals surface area contributed by atoms with E-state index >= 15 is 0 Å². The van der Waals surface area contributed by atoms with Crippen LogP contribution >= 0.6 is 0 Å². The van der Waals surface area contributed by atoms with E-state index in [-0.39, 0.29) is 22.9 Å². The molecule has 0 atom stereocenters. The zero-order valence-electron chi connectivity index (χ0n) is 17.5. The van der Waals surface area contributed by atoms with E-state index in [0.717, 1.165) is 5.56 Å². The van der Waals surface area contributed by atoms with Crippen molar-refractivity contribution in [2.75, 3.05) is 26.0 Å². The van der Waals surface area contributed by atoms with Crippen LogP contribution in [0.3, 0.4) is 0 Å². The molecular formula is C23H24N2O5S. The third-order valence-corrected chi connectivity index (χ3v) is 6.04. The van der Waals surface area contributed by atoms with Crippen molar-refractivity contribution in [3.63, 3.8) is 0 Å². The second kappa shape index (κ2) is 9.53. The topological polar surface area (TPSA) is 84.9 Å². The molecule has 3 aromatic rings. The molecule has 0 fully saturated rings. The van der Waals surface area contributed by atoms with Crippen LogP contribution in [0.5, 0.6) is 11.5 Å². The number of amides is 1. The first kappa shape index (κ1) is 22.2. The maximum Gasteiger partial charge on any atom is 0.261 e. The molecule has 31 heavy (non-hydrogen) atoms. The average molecular weight is 441 g/mol. The third kappa shape index (κ3) is 5.35. The van der Waals surface area contributed by atoms with Crippen LogP contribution in [-0.4, -0.2) is 40.5 Å². The van der Waals surface area contributed by atoms with Crippen LogP contribution in [0.25, 0.3) is 0 Å². The number of para-hydroxylation sites is 1. The van der Waals surface area contributed by atoms with Crippen molar-refractivity contribution in [1.82, 2.24) is 4.90 Å². The van der Waals surface area contributed by atoms with E-state index in [1.807, 2.05) is 6.07 Å². The molecule has 7 nitrogen and oxygen atoms in total. The molecule has 8 heteroatoms. The van der Waals surface area contributed by atoms with Crippen molar-refractivity contribution < 1.29 is 22.7 Å². The molecule has 0 aromatic heterocycles. The molecule has 0 saturated carbocycles. The predicted molar refractivity (Wildman–Crippen MR) is 119 cm³/mol. The molecule has 0 spiro atoms. The lowest BCUT2D eigenvalue weighted by molar-refractivity contribution is 0.0784. The van der Waals surface area contributed by atoms with Crippen molar-refractivity contribution in [3.05, 3.63) is 83.9 Å². The van der Waals surface area contributed by atoms with E-state index < -0.39 is 10.0 Å². The number of anilines is 1. The first-order valence-electron chi connectivity index (χ1n) is 9.48. The summed E-state index contributed by atoms with van der Waals surface area (Å²) in [5.74, 6) is 0.940. The van der Waals surface area contributed by atoms with Crippen LogP contribution in [-0.2, 0) is 16.6 Å². The van der Waals surface area contributed by atoms with Gasteiger partial charge >= 0.3 is 0 Å². The molecule has 0 bridgehead atoms. The summed E-state index contributed by atoms with van der Waals surface area (Å²) in [4.78, 5) is 14.5. The van der Waals surface area contributed by atoms with E-state index in [0.29, 0.717) is 17.2 Å². The number of carbonyl (C=O) groups is 1. The Bertz CT molecular complexity index is 1160. The summed E-state index contributed by atoms with van der Waals surface area (Å²) in [5, 5.41) is 0. The van der Waals surface area contributed by atoms with Crippen LogP contribution in [0.15, 0.2) is 77.7 Å². The Hall–Kier alpha value is -3.52. The lowest BCUT2D eigenvalue weighted by atomic mass is 10.1. The molecule has 0 saturated heterocycles. The molecule has 3 rings (SSSR count). The van der Waals surface area contributed by atoms with E-state index in [9.17, 15) is 13.2 Å². The Morgan fingerprint density at radius 2 is 1.68 bits per heavy atom. The number of sulfonamides is 1. The highest BCUT2D eigenvalue weighted by atomic mass is 32.2. The molecule has 0 radical (unpaired) electrons. The number of rotatable bonds is 8. The predicted octanol–water partition coefficient (Wildman–Crippen LogP) is 3.78. The van der Waals surface area contributed by atoms with Crippen LogP contribution in [0.4, 0.5) is 5.69 Å². The summed E-state index contributed by atoms with van der Waals surface area (Å²) in [6, 6.07) is 19.9. The summed E-state index contributed by atoms with van der Waals surface area (Å²) in [6.45, 7) is 0.283. The Morgan fingerprint density at radius 3 is 2.35 bits per heavy atom. The third-order valence-electron chi connectivity index (χ3n) is 4.67. The van der Waals surface area contributed by atoms with Crippen LogP contribution in [0.2, 0.25) is 0 Å². The molecule has 0 heterocycles. The van der Waals surface area contributed by atoms with Crippen LogP contribution in [0, 0.1) is 0 Å². The second-order valence-corrected chi connectivity index (χ2v) is 8.52. The van der Waals surface area contributed by atoms with Gasteiger partial charge in [0.15, 0.2) is 0 Å². The van der Waals surface area contributed by atoms with Gasteiger partial charge in [0.05, 0.1) is 19.1 Å². The number of hydrogen-bond acceptors (Lipinski definition) is 5. The number of methoxy groups -OCH3 is 2. The van der Waals surface area contributed by atoms with E-state index in [1.165, 1.54) is 17.0 Å². The van der Waals surface area contributed by atoms with Gasteiger partial charge in [-0.3, -0.25) is 9.52 Å². The quantitative estimate of drug-likeness (QED) is 0.576. The van der Waals surface area contributed by atoms with E-state index in [4.69, 9.17) is 9.47 Å². The van der Waals surface area contributed by atoms with Gasteiger partial charge in [0.25, 0.3) is 15.9 Å². The van der Waals surface area contributed by atoms with Crippen LogP contribution in [0.1, 0.15) is 15.9 Å². The molecule has 3 aromatic carbocycles. The standard InChI is InChI=1S/C23H24N2O5S/c1-25(16-18-12-13-20(29-2)15-22(18)30-3)23(26)17-8-7-11-21(14-17)31(27,28)24-19-9-5-4-6-10-19/h4-15,24H,16H2,1-3H3. The maximum absolute atomic E-state index is 13.0. The fourth-order valence-electron chi connectivity index (χ4n) is 3.05. The first-order chi connectivity index (χ1) is 14.8. The van der Waals surface area contributed by atoms with E-state index in [2.05, 4.69) is 4.72 Å². The highest BCUT2D eigenvalue weighted by Crippen LogP contribution is 2.26. The van der Waals surface area contributed by atoms with Crippen LogP contribution < -0.4 is 14.2 Å². The average Bonchev–Trinajstić information content (AvgIpc) is 2.79. The summed E-state index contributed by atoms with van der Waals surface area (Å²) in [7, 11) is 0.938. The molecule has 162 valence electrons. The lowest BCUT2D eigenvalue weighted by Gasteiger charge is -2.20. The molecule has 1 amide bonds. The molecule has 0 unspecified atom stereocenters. The normalized spacial score (nSPS) is 10.9. The van der Waals surface area contributed by atoms with Gasteiger partial charge in [0.2, 0.25) is 0 Å². The first-order valence-corrected chi connectivity index (χ1v) is 11.0. The highest BCUT2D eigenvalue weighted by molar-refractivity contribution is 7.92. The molecule has 1 N–H and O–H groups in total. The number of ether oxygens (including phenoxy) is 2. The molecular weight excluding hydrogens is 416 g/mol. The van der Waals surface area contributed by atoms with Crippen molar-refractivity contribution in [2.45, 2.75) is 11.4 Å². The van der Waals surface area contributed by atoms with Crippen molar-refractivity contribution >= 4 is 21.6 Å². The second-order valence-electron chi connectivity index (χ2n) is 6.84. The minimum atomic E-state index is -3.83. The van der Waals surface area contributed by atoms with Gasteiger partial charge in [-0.1, -0.05) is 24.3 Å². The highest BCUT2D eigenvalue weighted by Gasteiger charge is 2.19. The minimum Gasteiger partial charge on any atom is -0.497 e. The van der Waals surface area contributed by atoms with E-state index in [1.54, 1.807) is 75.9 Å². The Kier molecular flexibility index (Phi) is 6.81. The minimum absolute atomic E-state index is 0.0117. The Morgan fingerprint density at radius 1 is 0.935 bits per heavy atom. The van der Waals surface area contributed by atoms with Gasteiger partial charge in [-0.15, -0.1) is 0 Å². The van der Waals surface area contributed by atoms with Gasteiger partial charge in [-0.05, 0) is 42.5 Å². The maximum atomic E-state index is 13.0. The molecule has 0 aliphatic carbocycles. The SMILES string of the molecule is COc1ccc(CN(C)C(=O)c2cccc(S(=O)(=O)Nc3ccccc3)c2)c(OC)c1. The number of benzene rings is 3.